The van der Waals surface area contributed by atoms with Crippen molar-refractivity contribution < 1.29 is 9.59 Å². The van der Waals surface area contributed by atoms with Gasteiger partial charge in [-0.1, -0.05) is 0 Å². The largest absolute Gasteiger partial charge is 0.354 e. The number of carbonyl (C=O) groups is 2. The van der Waals surface area contributed by atoms with Crippen LogP contribution < -0.4 is 5.32 Å². The zero-order chi connectivity index (χ0) is 11.4. The molecule has 0 aromatic rings. The molecule has 1 rings (SSSR count). The highest BCUT2D eigenvalue weighted by molar-refractivity contribution is 5.80. The molecular formula is C11H20N2O2. The highest BCUT2D eigenvalue weighted by atomic mass is 16.2. The molecule has 15 heavy (non-hydrogen) atoms. The summed E-state index contributed by atoms with van der Waals surface area (Å²) in [6.07, 6.45) is 1.82. The molecule has 0 bridgehead atoms. The van der Waals surface area contributed by atoms with Gasteiger partial charge in [0.05, 0.1) is 5.92 Å². The second kappa shape index (κ2) is 5.14. The summed E-state index contributed by atoms with van der Waals surface area (Å²) >= 11 is 0. The minimum absolute atomic E-state index is 0.0231. The van der Waals surface area contributed by atoms with Crippen molar-refractivity contribution in [2.75, 3.05) is 13.1 Å². The molecule has 1 atom stereocenters. The fourth-order valence-electron chi connectivity index (χ4n) is 1.88. The highest BCUT2D eigenvalue weighted by Gasteiger charge is 2.26. The second-order valence-corrected chi connectivity index (χ2v) is 4.47. The molecule has 1 fully saturated rings. The number of carbonyl (C=O) groups excluding carboxylic acids is 2. The Bertz CT molecular complexity index is 251. The molecule has 1 saturated heterocycles. The number of nitrogens with zero attached hydrogens (tertiary/aromatic N) is 1. The first-order valence-corrected chi connectivity index (χ1v) is 5.56. The molecule has 0 radical (unpaired) electrons. The van der Waals surface area contributed by atoms with E-state index >= 15 is 0 Å². The van der Waals surface area contributed by atoms with Crippen LogP contribution in [-0.2, 0) is 9.59 Å². The normalized spacial score (nSPS) is 21.6. The second-order valence-electron chi connectivity index (χ2n) is 4.47. The van der Waals surface area contributed by atoms with Crippen molar-refractivity contribution in [1.29, 1.82) is 0 Å². The summed E-state index contributed by atoms with van der Waals surface area (Å²) < 4.78 is 0. The average molecular weight is 212 g/mol. The lowest BCUT2D eigenvalue weighted by Crippen LogP contribution is -2.46. The Labute approximate surface area is 91.0 Å². The average Bonchev–Trinajstić information content (AvgIpc) is 2.17. The zero-order valence-electron chi connectivity index (χ0n) is 9.75. The van der Waals surface area contributed by atoms with E-state index in [0.717, 1.165) is 19.4 Å². The molecule has 1 aliphatic rings. The molecular weight excluding hydrogens is 192 g/mol. The lowest BCUT2D eigenvalue weighted by Gasteiger charge is -2.31. The van der Waals surface area contributed by atoms with Gasteiger partial charge in [-0.15, -0.1) is 0 Å². The molecule has 0 aromatic heterocycles. The van der Waals surface area contributed by atoms with Crippen LogP contribution in [0.4, 0.5) is 0 Å². The molecule has 4 heteroatoms. The lowest BCUT2D eigenvalue weighted by atomic mass is 9.97. The zero-order valence-corrected chi connectivity index (χ0v) is 9.75. The van der Waals surface area contributed by atoms with Gasteiger partial charge >= 0.3 is 0 Å². The fourth-order valence-corrected chi connectivity index (χ4v) is 1.88. The Hall–Kier alpha value is -1.06. The molecule has 1 unspecified atom stereocenters. The number of amides is 2. The third-order valence-electron chi connectivity index (χ3n) is 2.67. The Kier molecular flexibility index (Phi) is 4.12. The van der Waals surface area contributed by atoms with Crippen LogP contribution in [0.5, 0.6) is 0 Å². The predicted molar refractivity (Wildman–Crippen MR) is 58.3 cm³/mol. The predicted octanol–water partition coefficient (Wildman–Crippen LogP) is 0.769. The van der Waals surface area contributed by atoms with Crippen LogP contribution in [0.1, 0.15) is 33.6 Å². The van der Waals surface area contributed by atoms with Crippen LogP contribution in [0, 0.1) is 5.92 Å². The van der Waals surface area contributed by atoms with E-state index in [9.17, 15) is 9.59 Å². The van der Waals surface area contributed by atoms with Crippen molar-refractivity contribution >= 4 is 11.8 Å². The maximum Gasteiger partial charge on any atom is 0.225 e. The van der Waals surface area contributed by atoms with Gasteiger partial charge < -0.3 is 10.2 Å². The van der Waals surface area contributed by atoms with Gasteiger partial charge in [0.2, 0.25) is 11.8 Å². The summed E-state index contributed by atoms with van der Waals surface area (Å²) in [5.74, 6) is 0.123. The van der Waals surface area contributed by atoms with Crippen molar-refractivity contribution in [3.05, 3.63) is 0 Å². The Balaban J connectivity index is 2.48. The van der Waals surface area contributed by atoms with E-state index in [1.54, 1.807) is 11.8 Å². The summed E-state index contributed by atoms with van der Waals surface area (Å²) in [6, 6.07) is 0.171. The van der Waals surface area contributed by atoms with Crippen molar-refractivity contribution in [3.8, 4) is 0 Å². The van der Waals surface area contributed by atoms with Gasteiger partial charge in [0.15, 0.2) is 0 Å². The minimum Gasteiger partial charge on any atom is -0.354 e. The van der Waals surface area contributed by atoms with Gasteiger partial charge in [-0.3, -0.25) is 9.59 Å². The first-order chi connectivity index (χ1) is 7.00. The Morgan fingerprint density at radius 1 is 1.40 bits per heavy atom. The third-order valence-corrected chi connectivity index (χ3v) is 2.67. The minimum atomic E-state index is -0.0231. The number of likely N-dealkylation sites (tertiary alicyclic amines) is 1. The van der Waals surface area contributed by atoms with Crippen LogP contribution in [0.2, 0.25) is 0 Å². The maximum atomic E-state index is 11.7. The third kappa shape index (κ3) is 3.53. The maximum absolute atomic E-state index is 11.7. The molecule has 4 nitrogen and oxygen atoms in total. The molecule has 0 spiro atoms. The van der Waals surface area contributed by atoms with Crippen LogP contribution in [0.15, 0.2) is 0 Å². The van der Waals surface area contributed by atoms with Crippen molar-refractivity contribution in [3.63, 3.8) is 0 Å². The summed E-state index contributed by atoms with van der Waals surface area (Å²) in [6.45, 7) is 6.82. The monoisotopic (exact) mass is 212 g/mol. The number of nitrogens with one attached hydrogen (secondary N) is 1. The Morgan fingerprint density at radius 2 is 2.07 bits per heavy atom. The van der Waals surface area contributed by atoms with E-state index in [4.69, 9.17) is 0 Å². The molecule has 1 N–H and O–H groups in total. The van der Waals surface area contributed by atoms with Crippen LogP contribution >= 0.6 is 0 Å². The van der Waals surface area contributed by atoms with E-state index in [1.807, 2.05) is 13.8 Å². The lowest BCUT2D eigenvalue weighted by molar-refractivity contribution is -0.134. The summed E-state index contributed by atoms with van der Waals surface area (Å²) in [5.41, 5.74) is 0. The number of rotatable bonds is 2. The molecule has 1 heterocycles. The van der Waals surface area contributed by atoms with Crippen molar-refractivity contribution in [2.45, 2.75) is 39.7 Å². The van der Waals surface area contributed by atoms with E-state index in [1.165, 1.54) is 0 Å². The van der Waals surface area contributed by atoms with Crippen LogP contribution in [-0.4, -0.2) is 35.8 Å². The quantitative estimate of drug-likeness (QED) is 0.735. The summed E-state index contributed by atoms with van der Waals surface area (Å²) in [7, 11) is 0. The SMILES string of the molecule is CC(=O)N1CCCC(C(=O)NC(C)C)C1. The van der Waals surface area contributed by atoms with Gasteiger partial charge in [-0.25, -0.2) is 0 Å². The van der Waals surface area contributed by atoms with Crippen LogP contribution in [0.3, 0.4) is 0 Å². The van der Waals surface area contributed by atoms with Crippen molar-refractivity contribution in [2.24, 2.45) is 5.92 Å². The number of hydrogen-bond acceptors (Lipinski definition) is 2. The molecule has 0 aromatic carbocycles. The van der Waals surface area contributed by atoms with Crippen LogP contribution in [0.25, 0.3) is 0 Å². The van der Waals surface area contributed by atoms with Crippen molar-refractivity contribution in [1.82, 2.24) is 10.2 Å². The first kappa shape index (κ1) is 12.0. The van der Waals surface area contributed by atoms with E-state index < -0.39 is 0 Å². The topological polar surface area (TPSA) is 49.4 Å². The highest BCUT2D eigenvalue weighted by Crippen LogP contribution is 2.16. The number of piperidine rings is 1. The molecule has 0 saturated carbocycles. The fraction of sp³-hybridized carbons (Fsp3) is 0.818. The smallest absolute Gasteiger partial charge is 0.225 e. The Morgan fingerprint density at radius 3 is 2.60 bits per heavy atom. The standard InChI is InChI=1S/C11H20N2O2/c1-8(2)12-11(15)10-5-4-6-13(7-10)9(3)14/h8,10H,4-7H2,1-3H3,(H,12,15). The van der Waals surface area contributed by atoms with E-state index in [-0.39, 0.29) is 23.8 Å². The van der Waals surface area contributed by atoms with Gasteiger partial charge in [0.1, 0.15) is 0 Å². The van der Waals surface area contributed by atoms with E-state index in [2.05, 4.69) is 5.32 Å². The van der Waals surface area contributed by atoms with Gasteiger partial charge in [-0.2, -0.15) is 0 Å². The summed E-state index contributed by atoms with van der Waals surface area (Å²) in [5, 5.41) is 2.90. The summed E-state index contributed by atoms with van der Waals surface area (Å²) in [4.78, 5) is 24.7. The van der Waals surface area contributed by atoms with E-state index in [0.29, 0.717) is 6.54 Å². The first-order valence-electron chi connectivity index (χ1n) is 5.56. The molecule has 2 amide bonds. The molecule has 0 aliphatic carbocycles. The van der Waals surface area contributed by atoms with Gasteiger partial charge in [-0.05, 0) is 26.7 Å². The molecule has 1 aliphatic heterocycles. The molecule has 86 valence electrons. The van der Waals surface area contributed by atoms with Gasteiger partial charge in [0, 0.05) is 26.1 Å². The van der Waals surface area contributed by atoms with Gasteiger partial charge in [0.25, 0.3) is 0 Å². The number of hydrogen-bond donors (Lipinski definition) is 1.